The first kappa shape index (κ1) is 20.5. The lowest BCUT2D eigenvalue weighted by Gasteiger charge is -2.29. The summed E-state index contributed by atoms with van der Waals surface area (Å²) < 4.78 is 16.3. The van der Waals surface area contributed by atoms with Crippen LogP contribution >= 0.6 is 0 Å². The van der Waals surface area contributed by atoms with Gasteiger partial charge in [0.15, 0.2) is 11.5 Å². The Labute approximate surface area is 186 Å². The Balaban J connectivity index is 1.09. The Morgan fingerprint density at radius 3 is 2.81 bits per heavy atom. The summed E-state index contributed by atoms with van der Waals surface area (Å²) in [6, 6.07) is 13.8. The van der Waals surface area contributed by atoms with Gasteiger partial charge in [0.1, 0.15) is 0 Å². The number of aryl methyl sites for hydroxylation is 1. The minimum atomic E-state index is 0.0145. The number of nitrogens with zero attached hydrogens (tertiary/aromatic N) is 3. The predicted molar refractivity (Wildman–Crippen MR) is 117 cm³/mol. The van der Waals surface area contributed by atoms with Crippen LogP contribution in [-0.4, -0.2) is 47.4 Å². The van der Waals surface area contributed by atoms with Gasteiger partial charge in [-0.25, -0.2) is 0 Å². The molecule has 2 aromatic carbocycles. The molecule has 0 unspecified atom stereocenters. The van der Waals surface area contributed by atoms with E-state index in [4.69, 9.17) is 14.0 Å². The third-order valence-corrected chi connectivity index (χ3v) is 5.95. The van der Waals surface area contributed by atoms with E-state index < -0.39 is 0 Å². The number of rotatable bonds is 6. The van der Waals surface area contributed by atoms with Crippen LogP contribution in [0.1, 0.15) is 35.8 Å². The first-order valence-corrected chi connectivity index (χ1v) is 10.9. The van der Waals surface area contributed by atoms with E-state index in [0.717, 1.165) is 48.6 Å². The van der Waals surface area contributed by atoms with Gasteiger partial charge in [-0.05, 0) is 56.6 Å². The molecule has 0 atom stereocenters. The van der Waals surface area contributed by atoms with E-state index in [-0.39, 0.29) is 18.6 Å². The summed E-state index contributed by atoms with van der Waals surface area (Å²) in [6.45, 7) is 4.79. The monoisotopic (exact) mass is 434 g/mol. The van der Waals surface area contributed by atoms with Crippen molar-refractivity contribution in [3.05, 3.63) is 59.5 Å². The number of likely N-dealkylation sites (tertiary alicyclic amines) is 1. The van der Waals surface area contributed by atoms with Crippen LogP contribution in [0.2, 0.25) is 0 Å². The van der Waals surface area contributed by atoms with Gasteiger partial charge in [-0.15, -0.1) is 0 Å². The van der Waals surface area contributed by atoms with E-state index in [1.807, 2.05) is 43.3 Å². The average Bonchev–Trinajstić information content (AvgIpc) is 3.48. The lowest BCUT2D eigenvalue weighted by molar-refractivity contribution is -0.122. The number of nitrogens with one attached hydrogen (secondary N) is 1. The highest BCUT2D eigenvalue weighted by atomic mass is 16.7. The largest absolute Gasteiger partial charge is 0.454 e. The molecule has 5 rings (SSSR count). The second kappa shape index (κ2) is 9.00. The molecule has 0 saturated carbocycles. The van der Waals surface area contributed by atoms with E-state index in [0.29, 0.717) is 24.8 Å². The summed E-state index contributed by atoms with van der Waals surface area (Å²) >= 11 is 0. The number of amides is 1. The van der Waals surface area contributed by atoms with Crippen molar-refractivity contribution >= 4 is 5.91 Å². The maximum atomic E-state index is 12.4. The Bertz CT molecular complexity index is 1100. The van der Waals surface area contributed by atoms with Gasteiger partial charge < -0.3 is 19.3 Å². The Kier molecular flexibility index (Phi) is 5.77. The summed E-state index contributed by atoms with van der Waals surface area (Å²) in [5, 5.41) is 7.15. The van der Waals surface area contributed by atoms with E-state index in [1.165, 1.54) is 5.56 Å². The van der Waals surface area contributed by atoms with Crippen molar-refractivity contribution < 1.29 is 18.8 Å². The Morgan fingerprint density at radius 2 is 1.97 bits per heavy atom. The van der Waals surface area contributed by atoms with Gasteiger partial charge in [-0.1, -0.05) is 35.0 Å². The molecule has 1 amide bonds. The van der Waals surface area contributed by atoms with Gasteiger partial charge in [0.25, 0.3) is 0 Å². The minimum Gasteiger partial charge on any atom is -0.454 e. The Hall–Kier alpha value is -3.39. The molecular formula is C24H26N4O4. The quantitative estimate of drug-likeness (QED) is 0.637. The molecule has 1 N–H and O–H groups in total. The summed E-state index contributed by atoms with van der Waals surface area (Å²) in [5.74, 6) is 3.04. The number of hydrogen-bond acceptors (Lipinski definition) is 7. The molecule has 1 fully saturated rings. The first-order valence-electron chi connectivity index (χ1n) is 10.9. The molecule has 0 spiro atoms. The molecule has 0 aliphatic carbocycles. The number of hydrogen-bond donors (Lipinski definition) is 1. The van der Waals surface area contributed by atoms with Gasteiger partial charge in [0.05, 0.1) is 6.54 Å². The fourth-order valence-electron chi connectivity index (χ4n) is 4.15. The van der Waals surface area contributed by atoms with Crippen LogP contribution in [0.5, 0.6) is 11.5 Å². The van der Waals surface area contributed by atoms with Crippen LogP contribution in [0.15, 0.2) is 47.0 Å². The summed E-state index contributed by atoms with van der Waals surface area (Å²) in [6.07, 6.45) is 1.79. The normalized spacial score (nSPS) is 16.3. The number of carbonyl (C=O) groups excluding carboxylic acids is 1. The third-order valence-electron chi connectivity index (χ3n) is 5.95. The summed E-state index contributed by atoms with van der Waals surface area (Å²) in [7, 11) is 0. The number of fused-ring (bicyclic) bond motifs is 1. The standard InChI is InChI=1S/C24H26N4O4/c1-16-3-2-4-19(11-16)23-26-24(32-27-23)18-7-9-28(10-8-18)14-22(29)25-13-17-5-6-20-21(12-17)31-15-30-20/h2-6,11-12,18H,7-10,13-15H2,1H3,(H,25,29). The molecule has 0 radical (unpaired) electrons. The van der Waals surface area contributed by atoms with Crippen LogP contribution in [0.3, 0.4) is 0 Å². The molecule has 32 heavy (non-hydrogen) atoms. The number of benzene rings is 2. The van der Waals surface area contributed by atoms with E-state index in [2.05, 4.69) is 26.4 Å². The second-order valence-corrected chi connectivity index (χ2v) is 8.34. The number of carbonyl (C=O) groups is 1. The lowest BCUT2D eigenvalue weighted by atomic mass is 9.97. The first-order chi connectivity index (χ1) is 15.6. The van der Waals surface area contributed by atoms with Crippen molar-refractivity contribution in [3.8, 4) is 22.9 Å². The van der Waals surface area contributed by atoms with Crippen LogP contribution in [0.25, 0.3) is 11.4 Å². The zero-order valence-electron chi connectivity index (χ0n) is 18.0. The molecule has 1 aromatic heterocycles. The molecule has 2 aliphatic rings. The van der Waals surface area contributed by atoms with E-state index in [9.17, 15) is 4.79 Å². The van der Waals surface area contributed by atoms with Gasteiger partial charge in [0.2, 0.25) is 24.4 Å². The molecule has 166 valence electrons. The molecular weight excluding hydrogens is 408 g/mol. The zero-order chi connectivity index (χ0) is 21.9. The SMILES string of the molecule is Cc1cccc(-c2noc(C3CCN(CC(=O)NCc4ccc5c(c4)OCO5)CC3)n2)c1. The van der Waals surface area contributed by atoms with Gasteiger partial charge in [0, 0.05) is 18.0 Å². The highest BCUT2D eigenvalue weighted by Gasteiger charge is 2.26. The van der Waals surface area contributed by atoms with Crippen LogP contribution in [0, 0.1) is 6.92 Å². The number of aromatic nitrogens is 2. The number of ether oxygens (including phenoxy) is 2. The fraction of sp³-hybridized carbons (Fsp3) is 0.375. The molecule has 3 heterocycles. The van der Waals surface area contributed by atoms with Crippen LogP contribution < -0.4 is 14.8 Å². The number of piperidine rings is 1. The highest BCUT2D eigenvalue weighted by molar-refractivity contribution is 5.78. The molecule has 0 bridgehead atoms. The van der Waals surface area contributed by atoms with E-state index >= 15 is 0 Å². The smallest absolute Gasteiger partial charge is 0.234 e. The average molecular weight is 434 g/mol. The van der Waals surface area contributed by atoms with Gasteiger partial charge in [-0.2, -0.15) is 4.98 Å². The zero-order valence-corrected chi connectivity index (χ0v) is 18.0. The molecule has 8 nitrogen and oxygen atoms in total. The lowest BCUT2D eigenvalue weighted by Crippen LogP contribution is -2.41. The van der Waals surface area contributed by atoms with Gasteiger partial charge >= 0.3 is 0 Å². The molecule has 1 saturated heterocycles. The second-order valence-electron chi connectivity index (χ2n) is 8.34. The highest BCUT2D eigenvalue weighted by Crippen LogP contribution is 2.32. The van der Waals surface area contributed by atoms with Crippen molar-refractivity contribution in [2.45, 2.75) is 32.2 Å². The molecule has 3 aromatic rings. The molecule has 2 aliphatic heterocycles. The van der Waals surface area contributed by atoms with Gasteiger partial charge in [-0.3, -0.25) is 9.69 Å². The van der Waals surface area contributed by atoms with E-state index in [1.54, 1.807) is 0 Å². The predicted octanol–water partition coefficient (Wildman–Crippen LogP) is 3.27. The summed E-state index contributed by atoms with van der Waals surface area (Å²) in [4.78, 5) is 19.2. The maximum Gasteiger partial charge on any atom is 0.234 e. The minimum absolute atomic E-state index is 0.0145. The van der Waals surface area contributed by atoms with Crippen molar-refractivity contribution in [3.63, 3.8) is 0 Å². The van der Waals surface area contributed by atoms with Crippen molar-refractivity contribution in [1.29, 1.82) is 0 Å². The fourth-order valence-corrected chi connectivity index (χ4v) is 4.15. The Morgan fingerprint density at radius 1 is 1.12 bits per heavy atom. The topological polar surface area (TPSA) is 89.7 Å². The third kappa shape index (κ3) is 4.60. The van der Waals surface area contributed by atoms with Crippen molar-refractivity contribution in [1.82, 2.24) is 20.4 Å². The summed E-state index contributed by atoms with van der Waals surface area (Å²) in [5.41, 5.74) is 3.12. The van der Waals surface area contributed by atoms with Crippen LogP contribution in [-0.2, 0) is 11.3 Å². The van der Waals surface area contributed by atoms with Crippen LogP contribution in [0.4, 0.5) is 0 Å². The maximum absolute atomic E-state index is 12.4. The van der Waals surface area contributed by atoms with Crippen molar-refractivity contribution in [2.75, 3.05) is 26.4 Å². The molecule has 8 heteroatoms. The van der Waals surface area contributed by atoms with Crippen molar-refractivity contribution in [2.24, 2.45) is 0 Å².